The number of para-hydroxylation sites is 1. The third-order valence-corrected chi connectivity index (χ3v) is 5.18. The van der Waals surface area contributed by atoms with E-state index < -0.39 is 0 Å². The van der Waals surface area contributed by atoms with E-state index in [0.717, 1.165) is 18.0 Å². The fraction of sp³-hybridized carbons (Fsp3) is 0.318. The van der Waals surface area contributed by atoms with Gasteiger partial charge in [0.15, 0.2) is 0 Å². The summed E-state index contributed by atoms with van der Waals surface area (Å²) in [4.78, 5) is 2.31. The van der Waals surface area contributed by atoms with Gasteiger partial charge in [0.2, 0.25) is 0 Å². The number of hydrogen-bond acceptors (Lipinski definition) is 3. The van der Waals surface area contributed by atoms with Crippen LogP contribution in [0.25, 0.3) is 11.3 Å². The van der Waals surface area contributed by atoms with Crippen LogP contribution >= 0.6 is 0 Å². The minimum atomic E-state index is 0.230. The van der Waals surface area contributed by atoms with Crippen LogP contribution in [0.15, 0.2) is 48.7 Å². The molecule has 0 saturated carbocycles. The van der Waals surface area contributed by atoms with Gasteiger partial charge in [-0.15, -0.1) is 0 Å². The molecule has 0 radical (unpaired) electrons. The van der Waals surface area contributed by atoms with E-state index in [1.807, 2.05) is 18.3 Å². The second kappa shape index (κ2) is 7.75. The van der Waals surface area contributed by atoms with Crippen molar-refractivity contribution in [3.63, 3.8) is 0 Å². The molecule has 0 amide bonds. The average Bonchev–Trinajstić information content (AvgIpc) is 3.11. The molecule has 1 unspecified atom stereocenters. The van der Waals surface area contributed by atoms with Crippen molar-refractivity contribution in [1.29, 1.82) is 0 Å². The molecule has 0 fully saturated rings. The highest BCUT2D eigenvalue weighted by Crippen LogP contribution is 2.30. The topological polar surface area (TPSA) is 41.1 Å². The molecular weight excluding hydrogens is 322 g/mol. The lowest BCUT2D eigenvalue weighted by atomic mass is 10.0. The van der Waals surface area contributed by atoms with E-state index in [0.29, 0.717) is 0 Å². The van der Waals surface area contributed by atoms with Gasteiger partial charge < -0.3 is 4.74 Å². The Morgan fingerprint density at radius 1 is 1.12 bits per heavy atom. The quantitative estimate of drug-likeness (QED) is 0.688. The van der Waals surface area contributed by atoms with Gasteiger partial charge in [-0.25, -0.2) is 0 Å². The van der Waals surface area contributed by atoms with Gasteiger partial charge in [0.05, 0.1) is 19.0 Å². The molecule has 4 heteroatoms. The summed E-state index contributed by atoms with van der Waals surface area (Å²) < 4.78 is 5.52. The number of nitrogens with one attached hydrogen (secondary N) is 1. The fourth-order valence-corrected chi connectivity index (χ4v) is 3.23. The Morgan fingerprint density at radius 2 is 1.88 bits per heavy atom. The molecule has 0 aliphatic carbocycles. The van der Waals surface area contributed by atoms with Crippen molar-refractivity contribution in [2.24, 2.45) is 0 Å². The summed E-state index contributed by atoms with van der Waals surface area (Å²) in [7, 11) is 3.85. The minimum Gasteiger partial charge on any atom is -0.496 e. The summed E-state index contributed by atoms with van der Waals surface area (Å²) in [6.45, 7) is 7.28. The Hall–Kier alpha value is -2.59. The second-order valence-corrected chi connectivity index (χ2v) is 6.90. The number of hydrogen-bond donors (Lipinski definition) is 1. The Labute approximate surface area is 155 Å². The Kier molecular flexibility index (Phi) is 5.43. The van der Waals surface area contributed by atoms with Crippen molar-refractivity contribution in [1.82, 2.24) is 15.1 Å². The van der Waals surface area contributed by atoms with Crippen LogP contribution in [-0.4, -0.2) is 29.3 Å². The van der Waals surface area contributed by atoms with Gasteiger partial charge in [0, 0.05) is 29.3 Å². The molecule has 1 aromatic heterocycles. The van der Waals surface area contributed by atoms with Crippen molar-refractivity contribution in [3.05, 3.63) is 70.9 Å². The first-order valence-electron chi connectivity index (χ1n) is 8.94. The van der Waals surface area contributed by atoms with Crippen molar-refractivity contribution >= 4 is 0 Å². The van der Waals surface area contributed by atoms with Gasteiger partial charge in [0.1, 0.15) is 5.75 Å². The molecule has 1 N–H and O–H groups in total. The van der Waals surface area contributed by atoms with Crippen LogP contribution < -0.4 is 4.74 Å². The van der Waals surface area contributed by atoms with E-state index in [1.54, 1.807) is 7.11 Å². The van der Waals surface area contributed by atoms with Crippen LogP contribution in [0.1, 0.15) is 35.2 Å². The predicted octanol–water partition coefficient (Wildman–Crippen LogP) is 4.90. The van der Waals surface area contributed by atoms with Crippen molar-refractivity contribution in [2.75, 3.05) is 14.2 Å². The summed E-state index contributed by atoms with van der Waals surface area (Å²) in [6, 6.07) is 15.0. The number of benzene rings is 2. The number of aromatic amines is 1. The van der Waals surface area contributed by atoms with E-state index >= 15 is 0 Å². The van der Waals surface area contributed by atoms with Crippen LogP contribution in [-0.2, 0) is 6.54 Å². The number of aromatic nitrogens is 2. The van der Waals surface area contributed by atoms with Crippen molar-refractivity contribution < 1.29 is 4.74 Å². The molecule has 0 aliphatic rings. The maximum Gasteiger partial charge on any atom is 0.123 e. The summed E-state index contributed by atoms with van der Waals surface area (Å²) in [5.74, 6) is 0.924. The number of rotatable bonds is 6. The number of aryl methyl sites for hydroxylation is 2. The Balaban J connectivity index is 1.83. The highest BCUT2D eigenvalue weighted by Gasteiger charge is 2.18. The molecule has 136 valence electrons. The lowest BCUT2D eigenvalue weighted by Crippen LogP contribution is -2.22. The highest BCUT2D eigenvalue weighted by molar-refractivity contribution is 5.64. The van der Waals surface area contributed by atoms with Crippen molar-refractivity contribution in [3.8, 4) is 17.0 Å². The zero-order valence-corrected chi connectivity index (χ0v) is 16.2. The van der Waals surface area contributed by atoms with E-state index in [1.165, 1.54) is 27.8 Å². The molecule has 3 rings (SSSR count). The van der Waals surface area contributed by atoms with Gasteiger partial charge in [-0.3, -0.25) is 10.00 Å². The number of H-pyrrole nitrogens is 1. The molecule has 3 aromatic rings. The number of nitrogens with zero attached hydrogens (tertiary/aromatic N) is 2. The van der Waals surface area contributed by atoms with E-state index in [2.05, 4.69) is 73.2 Å². The Bertz CT molecular complexity index is 885. The molecule has 2 aromatic carbocycles. The van der Waals surface area contributed by atoms with Crippen LogP contribution in [0, 0.1) is 13.8 Å². The lowest BCUT2D eigenvalue weighted by Gasteiger charge is -2.26. The minimum absolute atomic E-state index is 0.230. The Morgan fingerprint density at radius 3 is 2.62 bits per heavy atom. The van der Waals surface area contributed by atoms with Gasteiger partial charge in [-0.2, -0.15) is 5.10 Å². The molecule has 0 aliphatic heterocycles. The second-order valence-electron chi connectivity index (χ2n) is 6.90. The molecule has 0 saturated heterocycles. The predicted molar refractivity (Wildman–Crippen MR) is 106 cm³/mol. The van der Waals surface area contributed by atoms with E-state index in [9.17, 15) is 0 Å². The molecule has 0 bridgehead atoms. The largest absolute Gasteiger partial charge is 0.496 e. The normalized spacial score (nSPS) is 12.4. The maximum atomic E-state index is 5.52. The standard InChI is InChI=1S/C22H27N3O/c1-15-10-11-18(12-16(15)2)22-19(13-23-24-22)14-25(4)17(3)20-8-6-7-9-21(20)26-5/h6-13,17H,14H2,1-5H3,(H,23,24). The monoisotopic (exact) mass is 349 g/mol. The van der Waals surface area contributed by atoms with Gasteiger partial charge in [-0.05, 0) is 51.1 Å². The zero-order chi connectivity index (χ0) is 18.7. The first kappa shape index (κ1) is 18.2. The van der Waals surface area contributed by atoms with E-state index in [4.69, 9.17) is 4.74 Å². The highest BCUT2D eigenvalue weighted by atomic mass is 16.5. The third-order valence-electron chi connectivity index (χ3n) is 5.18. The van der Waals surface area contributed by atoms with Gasteiger partial charge >= 0.3 is 0 Å². The van der Waals surface area contributed by atoms with Crippen LogP contribution in [0.3, 0.4) is 0 Å². The molecule has 26 heavy (non-hydrogen) atoms. The van der Waals surface area contributed by atoms with Crippen LogP contribution in [0.4, 0.5) is 0 Å². The average molecular weight is 349 g/mol. The molecule has 1 atom stereocenters. The SMILES string of the molecule is COc1ccccc1C(C)N(C)Cc1cn[nH]c1-c1ccc(C)c(C)c1. The van der Waals surface area contributed by atoms with Crippen LogP contribution in [0.5, 0.6) is 5.75 Å². The number of methoxy groups -OCH3 is 1. The van der Waals surface area contributed by atoms with Crippen LogP contribution in [0.2, 0.25) is 0 Å². The smallest absolute Gasteiger partial charge is 0.123 e. The summed E-state index contributed by atoms with van der Waals surface area (Å²) in [6.07, 6.45) is 1.93. The fourth-order valence-electron chi connectivity index (χ4n) is 3.23. The van der Waals surface area contributed by atoms with E-state index in [-0.39, 0.29) is 6.04 Å². The first-order valence-corrected chi connectivity index (χ1v) is 8.94. The first-order chi connectivity index (χ1) is 12.5. The lowest BCUT2D eigenvalue weighted by molar-refractivity contribution is 0.247. The molecule has 1 heterocycles. The molecular formula is C22H27N3O. The van der Waals surface area contributed by atoms with Crippen molar-refractivity contribution in [2.45, 2.75) is 33.4 Å². The zero-order valence-electron chi connectivity index (χ0n) is 16.2. The van der Waals surface area contributed by atoms with Gasteiger partial charge in [-0.1, -0.05) is 30.3 Å². The summed E-state index contributed by atoms with van der Waals surface area (Å²) in [5.41, 5.74) is 7.24. The third kappa shape index (κ3) is 3.65. The molecule has 0 spiro atoms. The molecule has 4 nitrogen and oxygen atoms in total. The summed E-state index contributed by atoms with van der Waals surface area (Å²) >= 11 is 0. The maximum absolute atomic E-state index is 5.52. The van der Waals surface area contributed by atoms with Gasteiger partial charge in [0.25, 0.3) is 0 Å². The number of ether oxygens (including phenoxy) is 1. The summed E-state index contributed by atoms with van der Waals surface area (Å²) in [5, 5.41) is 7.47.